The van der Waals surface area contributed by atoms with Crippen LogP contribution in [0.1, 0.15) is 19.8 Å². The van der Waals surface area contributed by atoms with Gasteiger partial charge in [-0.1, -0.05) is 0 Å². The summed E-state index contributed by atoms with van der Waals surface area (Å²) in [7, 11) is 0. The molecule has 0 aromatic heterocycles. The van der Waals surface area contributed by atoms with Crippen molar-refractivity contribution in [1.82, 2.24) is 9.80 Å². The molecule has 0 aliphatic carbocycles. The fraction of sp³-hybridized carbons (Fsp3) is 0.938. The molecule has 0 aromatic carbocycles. The lowest BCUT2D eigenvalue weighted by Crippen LogP contribution is -2.60. The molecule has 3 aliphatic rings. The zero-order valence-corrected chi connectivity index (χ0v) is 13.6. The van der Waals surface area contributed by atoms with E-state index in [9.17, 15) is 4.79 Å². The minimum atomic E-state index is -0.708. The van der Waals surface area contributed by atoms with Crippen molar-refractivity contribution in [1.29, 1.82) is 0 Å². The van der Waals surface area contributed by atoms with Gasteiger partial charge < -0.3 is 19.1 Å². The van der Waals surface area contributed by atoms with Gasteiger partial charge in [-0.15, -0.1) is 0 Å². The Kier molecular flexibility index (Phi) is 5.33. The first kappa shape index (κ1) is 16.2. The highest BCUT2D eigenvalue weighted by Crippen LogP contribution is 2.24. The molecular weight excluding hydrogens is 284 g/mol. The highest BCUT2D eigenvalue weighted by Gasteiger charge is 2.42. The number of morpholine rings is 2. The maximum absolute atomic E-state index is 12.8. The van der Waals surface area contributed by atoms with Crippen LogP contribution >= 0.6 is 0 Å². The van der Waals surface area contributed by atoms with E-state index in [-0.39, 0.29) is 5.91 Å². The van der Waals surface area contributed by atoms with Gasteiger partial charge in [-0.2, -0.15) is 0 Å². The lowest BCUT2D eigenvalue weighted by molar-refractivity contribution is -0.171. The first-order valence-electron chi connectivity index (χ1n) is 8.48. The zero-order chi connectivity index (χ0) is 15.4. The van der Waals surface area contributed by atoms with Crippen molar-refractivity contribution in [3.63, 3.8) is 0 Å². The summed E-state index contributed by atoms with van der Waals surface area (Å²) in [5.74, 6) is 0.807. The van der Waals surface area contributed by atoms with E-state index in [4.69, 9.17) is 14.2 Å². The molecule has 3 heterocycles. The van der Waals surface area contributed by atoms with Crippen LogP contribution in [0.5, 0.6) is 0 Å². The van der Waals surface area contributed by atoms with Crippen molar-refractivity contribution in [2.45, 2.75) is 25.4 Å². The smallest absolute Gasteiger partial charge is 0.256 e. The van der Waals surface area contributed by atoms with Crippen LogP contribution in [-0.2, 0) is 19.0 Å². The van der Waals surface area contributed by atoms with E-state index < -0.39 is 5.60 Å². The second-order valence-corrected chi connectivity index (χ2v) is 6.77. The standard InChI is InChI=1S/C16H28N2O4/c1-16(15(19)18-5-9-21-10-6-18)13-17(4-11-22-16)12-14-2-7-20-8-3-14/h14H,2-13H2,1H3/t16-/m0/s1. The Bertz CT molecular complexity index is 380. The molecule has 126 valence electrons. The summed E-state index contributed by atoms with van der Waals surface area (Å²) in [5, 5.41) is 0. The molecule has 6 heteroatoms. The van der Waals surface area contributed by atoms with Crippen LogP contribution in [0.4, 0.5) is 0 Å². The first-order valence-corrected chi connectivity index (χ1v) is 8.48. The Morgan fingerprint density at radius 2 is 1.73 bits per heavy atom. The summed E-state index contributed by atoms with van der Waals surface area (Å²) >= 11 is 0. The predicted octanol–water partition coefficient (Wildman–Crippen LogP) is 0.363. The average molecular weight is 312 g/mol. The second kappa shape index (κ2) is 7.25. The normalized spacial score (nSPS) is 32.1. The van der Waals surface area contributed by atoms with Crippen LogP contribution in [-0.4, -0.2) is 87.1 Å². The van der Waals surface area contributed by atoms with Crippen LogP contribution in [0.25, 0.3) is 0 Å². The molecule has 0 saturated carbocycles. The molecule has 3 aliphatic heterocycles. The number of amides is 1. The van der Waals surface area contributed by atoms with E-state index >= 15 is 0 Å². The third-order valence-corrected chi connectivity index (χ3v) is 4.96. The maximum atomic E-state index is 12.8. The number of hydrogen-bond acceptors (Lipinski definition) is 5. The molecule has 6 nitrogen and oxygen atoms in total. The molecule has 3 fully saturated rings. The molecule has 0 aromatic rings. The first-order chi connectivity index (χ1) is 10.7. The van der Waals surface area contributed by atoms with Crippen LogP contribution in [0.15, 0.2) is 0 Å². The molecule has 1 atom stereocenters. The van der Waals surface area contributed by atoms with Crippen molar-refractivity contribution >= 4 is 5.91 Å². The van der Waals surface area contributed by atoms with Gasteiger partial charge in [0.2, 0.25) is 0 Å². The minimum Gasteiger partial charge on any atom is -0.381 e. The van der Waals surface area contributed by atoms with Gasteiger partial charge in [0.25, 0.3) is 5.91 Å². The van der Waals surface area contributed by atoms with Gasteiger partial charge >= 0.3 is 0 Å². The highest BCUT2D eigenvalue weighted by atomic mass is 16.5. The number of carbonyl (C=O) groups is 1. The third kappa shape index (κ3) is 3.79. The van der Waals surface area contributed by atoms with E-state index in [1.807, 2.05) is 11.8 Å². The Hall–Kier alpha value is -0.690. The van der Waals surface area contributed by atoms with E-state index in [1.54, 1.807) is 0 Å². The molecule has 1 amide bonds. The summed E-state index contributed by atoms with van der Waals surface area (Å²) in [6, 6.07) is 0. The SMILES string of the molecule is C[C@@]1(C(=O)N2CCOCC2)CN(CC2CCOCC2)CCO1. The average Bonchev–Trinajstić information content (AvgIpc) is 2.56. The van der Waals surface area contributed by atoms with Gasteiger partial charge in [0.05, 0.1) is 19.8 Å². The second-order valence-electron chi connectivity index (χ2n) is 6.77. The monoisotopic (exact) mass is 312 g/mol. The molecule has 0 bridgehead atoms. The molecule has 0 unspecified atom stereocenters. The lowest BCUT2D eigenvalue weighted by Gasteiger charge is -2.43. The molecular formula is C16H28N2O4. The quantitative estimate of drug-likeness (QED) is 0.753. The predicted molar refractivity (Wildman–Crippen MR) is 81.7 cm³/mol. The Morgan fingerprint density at radius 1 is 1.05 bits per heavy atom. The molecule has 0 spiro atoms. The molecule has 3 rings (SSSR count). The Balaban J connectivity index is 1.56. The van der Waals surface area contributed by atoms with Gasteiger partial charge in [0.15, 0.2) is 5.60 Å². The lowest BCUT2D eigenvalue weighted by atomic mass is 9.97. The van der Waals surface area contributed by atoms with E-state index in [2.05, 4.69) is 4.90 Å². The number of ether oxygens (including phenoxy) is 3. The fourth-order valence-corrected chi connectivity index (χ4v) is 3.63. The van der Waals surface area contributed by atoms with E-state index in [0.717, 1.165) is 39.1 Å². The summed E-state index contributed by atoms with van der Waals surface area (Å²) < 4.78 is 16.7. The summed E-state index contributed by atoms with van der Waals surface area (Å²) in [5.41, 5.74) is -0.708. The largest absolute Gasteiger partial charge is 0.381 e. The van der Waals surface area contributed by atoms with Gasteiger partial charge in [-0.05, 0) is 25.7 Å². The summed E-state index contributed by atoms with van der Waals surface area (Å²) in [6.45, 7) is 9.62. The van der Waals surface area contributed by atoms with Gasteiger partial charge in [-0.25, -0.2) is 0 Å². The van der Waals surface area contributed by atoms with Gasteiger partial charge in [0.1, 0.15) is 0 Å². The Labute approximate surface area is 132 Å². The fourth-order valence-electron chi connectivity index (χ4n) is 3.63. The van der Waals surface area contributed by atoms with Gasteiger partial charge in [-0.3, -0.25) is 9.69 Å². The summed E-state index contributed by atoms with van der Waals surface area (Å²) in [4.78, 5) is 17.1. The van der Waals surface area contributed by atoms with Crippen LogP contribution in [0, 0.1) is 5.92 Å². The number of hydrogen-bond donors (Lipinski definition) is 0. The van der Waals surface area contributed by atoms with Gasteiger partial charge in [0, 0.05) is 45.9 Å². The summed E-state index contributed by atoms with van der Waals surface area (Å²) in [6.07, 6.45) is 2.26. The number of rotatable bonds is 3. The third-order valence-electron chi connectivity index (χ3n) is 4.96. The molecule has 0 N–H and O–H groups in total. The molecule has 0 radical (unpaired) electrons. The highest BCUT2D eigenvalue weighted by molar-refractivity contribution is 5.85. The molecule has 22 heavy (non-hydrogen) atoms. The van der Waals surface area contributed by atoms with Crippen molar-refractivity contribution in [3.05, 3.63) is 0 Å². The van der Waals surface area contributed by atoms with E-state index in [1.165, 1.54) is 0 Å². The van der Waals surface area contributed by atoms with Crippen molar-refractivity contribution in [2.75, 3.05) is 65.8 Å². The Morgan fingerprint density at radius 3 is 2.45 bits per heavy atom. The van der Waals surface area contributed by atoms with E-state index in [0.29, 0.717) is 45.4 Å². The number of carbonyl (C=O) groups excluding carboxylic acids is 1. The molecule has 3 saturated heterocycles. The van der Waals surface area contributed by atoms with Crippen LogP contribution < -0.4 is 0 Å². The van der Waals surface area contributed by atoms with Crippen molar-refractivity contribution < 1.29 is 19.0 Å². The van der Waals surface area contributed by atoms with Crippen LogP contribution in [0.2, 0.25) is 0 Å². The maximum Gasteiger partial charge on any atom is 0.256 e. The number of nitrogens with zero attached hydrogens (tertiary/aromatic N) is 2. The van der Waals surface area contributed by atoms with Crippen LogP contribution in [0.3, 0.4) is 0 Å². The zero-order valence-electron chi connectivity index (χ0n) is 13.6. The van der Waals surface area contributed by atoms with Crippen molar-refractivity contribution in [2.24, 2.45) is 5.92 Å². The minimum absolute atomic E-state index is 0.118. The topological polar surface area (TPSA) is 51.2 Å². The van der Waals surface area contributed by atoms with Crippen molar-refractivity contribution in [3.8, 4) is 0 Å².